The van der Waals surface area contributed by atoms with E-state index in [4.69, 9.17) is 4.74 Å². The number of aromatic nitrogens is 1. The first-order chi connectivity index (χ1) is 12.3. The molecule has 1 aromatic heterocycles. The highest BCUT2D eigenvalue weighted by Gasteiger charge is 2.31. The fraction of sp³-hybridized carbons (Fsp3) is 0.353. The number of carbonyl (C=O) groups is 2. The molecule has 138 valence electrons. The number of hydrogen-bond donors (Lipinski definition) is 1. The molecule has 1 aromatic carbocycles. The molecule has 0 aliphatic carbocycles. The monoisotopic (exact) mass is 394 g/mol. The van der Waals surface area contributed by atoms with Gasteiger partial charge in [-0.3, -0.25) is 4.79 Å². The van der Waals surface area contributed by atoms with Crippen molar-refractivity contribution in [3.8, 4) is 10.6 Å². The molecule has 1 amide bonds. The molecule has 0 unspecified atom stereocenters. The van der Waals surface area contributed by atoms with E-state index in [2.05, 4.69) is 10.3 Å². The van der Waals surface area contributed by atoms with Crippen molar-refractivity contribution < 1.29 is 22.7 Å². The van der Waals surface area contributed by atoms with Crippen LogP contribution in [0.3, 0.4) is 0 Å². The Hall–Kier alpha value is -2.26. The number of hydrogen-bond acceptors (Lipinski definition) is 7. The second kappa shape index (κ2) is 7.55. The summed E-state index contributed by atoms with van der Waals surface area (Å²) in [7, 11) is -3.09. The van der Waals surface area contributed by atoms with E-state index in [1.165, 1.54) is 18.3 Å². The van der Waals surface area contributed by atoms with Gasteiger partial charge in [-0.2, -0.15) is 0 Å². The summed E-state index contributed by atoms with van der Waals surface area (Å²) in [5, 5.41) is 4.88. The molecule has 7 nitrogen and oxygen atoms in total. The molecule has 3 rings (SSSR count). The van der Waals surface area contributed by atoms with E-state index >= 15 is 0 Å². The molecule has 0 spiro atoms. The van der Waals surface area contributed by atoms with Crippen LogP contribution in [0, 0.1) is 0 Å². The Kier molecular flexibility index (Phi) is 5.38. The van der Waals surface area contributed by atoms with Crippen LogP contribution in [0.1, 0.15) is 23.8 Å². The summed E-state index contributed by atoms with van der Waals surface area (Å²) in [5.41, 5.74) is 1.03. The molecule has 2 aromatic rings. The minimum Gasteiger partial charge on any atom is -0.448 e. The van der Waals surface area contributed by atoms with E-state index in [0.717, 1.165) is 5.56 Å². The number of amides is 1. The van der Waals surface area contributed by atoms with Gasteiger partial charge in [-0.25, -0.2) is 18.2 Å². The van der Waals surface area contributed by atoms with Crippen molar-refractivity contribution >= 4 is 33.1 Å². The van der Waals surface area contributed by atoms with Gasteiger partial charge in [0.15, 0.2) is 21.6 Å². The van der Waals surface area contributed by atoms with Crippen molar-refractivity contribution in [2.24, 2.45) is 0 Å². The lowest BCUT2D eigenvalue weighted by Gasteiger charge is -2.16. The highest BCUT2D eigenvalue weighted by atomic mass is 32.2. The molecule has 0 saturated carbocycles. The fourth-order valence-electron chi connectivity index (χ4n) is 2.58. The maximum atomic E-state index is 12.2. The van der Waals surface area contributed by atoms with Gasteiger partial charge < -0.3 is 10.1 Å². The number of rotatable bonds is 5. The number of carbonyl (C=O) groups excluding carboxylic acids is 2. The zero-order valence-electron chi connectivity index (χ0n) is 14.0. The fourth-order valence-corrected chi connectivity index (χ4v) is 5.05. The lowest BCUT2D eigenvalue weighted by Crippen LogP contribution is -2.42. The first kappa shape index (κ1) is 18.5. The molecular formula is C17H18N2O5S2. The molecule has 1 saturated heterocycles. The van der Waals surface area contributed by atoms with Crippen LogP contribution in [0.5, 0.6) is 0 Å². The van der Waals surface area contributed by atoms with Crippen LogP contribution >= 0.6 is 11.3 Å². The predicted octanol–water partition coefficient (Wildman–Crippen LogP) is 1.66. The van der Waals surface area contributed by atoms with Gasteiger partial charge in [0.2, 0.25) is 0 Å². The van der Waals surface area contributed by atoms with E-state index < -0.39 is 33.9 Å². The first-order valence-electron chi connectivity index (χ1n) is 8.07. The maximum absolute atomic E-state index is 12.2. The maximum Gasteiger partial charge on any atom is 0.358 e. The van der Waals surface area contributed by atoms with E-state index in [9.17, 15) is 18.0 Å². The Morgan fingerprint density at radius 3 is 2.69 bits per heavy atom. The molecular weight excluding hydrogens is 376 g/mol. The van der Waals surface area contributed by atoms with Gasteiger partial charge in [0.25, 0.3) is 5.91 Å². The Morgan fingerprint density at radius 2 is 2.04 bits per heavy atom. The quantitative estimate of drug-likeness (QED) is 0.774. The minimum atomic E-state index is -3.09. The van der Waals surface area contributed by atoms with Gasteiger partial charge in [-0.05, 0) is 13.3 Å². The standard InChI is InChI=1S/C17H18N2O5S2/c1-11(15(20)18-13-7-8-26(22,23)10-13)24-17(21)14-9-25-16(19-14)12-5-3-2-4-6-12/h2-6,9,11,13H,7-8,10H2,1H3,(H,18,20)/t11-,13-/m0/s1. The van der Waals surface area contributed by atoms with Crippen LogP contribution in [0.25, 0.3) is 10.6 Å². The Labute approximate surface area is 155 Å². The number of ether oxygens (including phenoxy) is 1. The third-order valence-electron chi connectivity index (χ3n) is 3.97. The molecule has 1 aliphatic heterocycles. The first-order valence-corrected chi connectivity index (χ1v) is 10.8. The van der Waals surface area contributed by atoms with Crippen LogP contribution in [-0.4, -0.2) is 48.9 Å². The number of nitrogens with zero attached hydrogens (tertiary/aromatic N) is 1. The van der Waals surface area contributed by atoms with Gasteiger partial charge in [-0.1, -0.05) is 30.3 Å². The summed E-state index contributed by atoms with van der Waals surface area (Å²) >= 11 is 1.31. The average Bonchev–Trinajstić information content (AvgIpc) is 3.22. The summed E-state index contributed by atoms with van der Waals surface area (Å²) in [6, 6.07) is 8.99. The zero-order chi connectivity index (χ0) is 18.7. The molecule has 0 bridgehead atoms. The van der Waals surface area contributed by atoms with Gasteiger partial charge in [0.1, 0.15) is 5.01 Å². The Morgan fingerprint density at radius 1 is 1.31 bits per heavy atom. The lowest BCUT2D eigenvalue weighted by atomic mass is 10.2. The molecule has 0 radical (unpaired) electrons. The van der Waals surface area contributed by atoms with Gasteiger partial charge in [-0.15, -0.1) is 11.3 Å². The number of esters is 1. The summed E-state index contributed by atoms with van der Waals surface area (Å²) in [4.78, 5) is 28.5. The SMILES string of the molecule is C[C@H](OC(=O)c1csc(-c2ccccc2)n1)C(=O)N[C@H]1CCS(=O)(=O)C1. The second-order valence-electron chi connectivity index (χ2n) is 6.06. The molecule has 2 atom stereocenters. The van der Waals surface area contributed by atoms with Crippen molar-refractivity contribution in [3.05, 3.63) is 41.4 Å². The lowest BCUT2D eigenvalue weighted by molar-refractivity contribution is -0.129. The van der Waals surface area contributed by atoms with Crippen LogP contribution < -0.4 is 5.32 Å². The normalized spacial score (nSPS) is 19.7. The van der Waals surface area contributed by atoms with Crippen LogP contribution in [0.15, 0.2) is 35.7 Å². The van der Waals surface area contributed by atoms with Crippen molar-refractivity contribution in [3.63, 3.8) is 0 Å². The summed E-state index contributed by atoms with van der Waals surface area (Å²) < 4.78 is 28.0. The third kappa shape index (κ3) is 4.47. The third-order valence-corrected chi connectivity index (χ3v) is 6.63. The van der Waals surface area contributed by atoms with Gasteiger partial charge >= 0.3 is 5.97 Å². The average molecular weight is 394 g/mol. The second-order valence-corrected chi connectivity index (χ2v) is 9.15. The largest absolute Gasteiger partial charge is 0.448 e. The number of nitrogens with one attached hydrogen (secondary N) is 1. The van der Waals surface area contributed by atoms with E-state index in [1.54, 1.807) is 5.38 Å². The number of sulfone groups is 1. The molecule has 26 heavy (non-hydrogen) atoms. The number of benzene rings is 1. The molecule has 1 N–H and O–H groups in total. The molecule has 2 heterocycles. The predicted molar refractivity (Wildman–Crippen MR) is 97.6 cm³/mol. The van der Waals surface area contributed by atoms with Crippen molar-refractivity contribution in [1.29, 1.82) is 0 Å². The highest BCUT2D eigenvalue weighted by Crippen LogP contribution is 2.23. The summed E-state index contributed by atoms with van der Waals surface area (Å²) in [6.45, 7) is 1.45. The topological polar surface area (TPSA) is 102 Å². The Bertz CT molecular complexity index is 908. The van der Waals surface area contributed by atoms with Crippen molar-refractivity contribution in [2.75, 3.05) is 11.5 Å². The van der Waals surface area contributed by atoms with Crippen LogP contribution in [0.2, 0.25) is 0 Å². The van der Waals surface area contributed by atoms with Crippen LogP contribution in [0.4, 0.5) is 0 Å². The van der Waals surface area contributed by atoms with E-state index in [-0.39, 0.29) is 17.2 Å². The summed E-state index contributed by atoms with van der Waals surface area (Å²) in [6.07, 6.45) is -0.658. The van der Waals surface area contributed by atoms with E-state index in [1.807, 2.05) is 30.3 Å². The van der Waals surface area contributed by atoms with Crippen LogP contribution in [-0.2, 0) is 19.4 Å². The van der Waals surface area contributed by atoms with Crippen molar-refractivity contribution in [2.45, 2.75) is 25.5 Å². The van der Waals surface area contributed by atoms with Gasteiger partial charge in [0.05, 0.1) is 11.5 Å². The molecule has 1 aliphatic rings. The highest BCUT2D eigenvalue weighted by molar-refractivity contribution is 7.91. The van der Waals surface area contributed by atoms with Crippen molar-refractivity contribution in [1.82, 2.24) is 10.3 Å². The smallest absolute Gasteiger partial charge is 0.358 e. The van der Waals surface area contributed by atoms with E-state index in [0.29, 0.717) is 11.4 Å². The summed E-state index contributed by atoms with van der Waals surface area (Å²) in [5.74, 6) is -1.22. The molecule has 9 heteroatoms. The van der Waals surface area contributed by atoms with Gasteiger partial charge in [0, 0.05) is 17.0 Å². The number of thiazole rings is 1. The minimum absolute atomic E-state index is 0.0627. The zero-order valence-corrected chi connectivity index (χ0v) is 15.7. The molecule has 1 fully saturated rings. The Balaban J connectivity index is 1.57.